The highest BCUT2D eigenvalue weighted by molar-refractivity contribution is 5.95. The Labute approximate surface area is 191 Å². The van der Waals surface area contributed by atoms with Gasteiger partial charge in [-0.15, -0.1) is 0 Å². The zero-order valence-corrected chi connectivity index (χ0v) is 19.0. The van der Waals surface area contributed by atoms with Crippen molar-refractivity contribution in [2.75, 3.05) is 5.32 Å². The third-order valence-corrected chi connectivity index (χ3v) is 6.17. The highest BCUT2D eigenvalue weighted by Gasteiger charge is 2.34. The first-order valence-electron chi connectivity index (χ1n) is 11.0. The first kappa shape index (κ1) is 22.7. The molecule has 0 aromatic carbocycles. The number of aromatic nitrogens is 2. The van der Waals surface area contributed by atoms with Gasteiger partial charge < -0.3 is 20.9 Å². The van der Waals surface area contributed by atoms with E-state index in [1.165, 1.54) is 13.0 Å². The van der Waals surface area contributed by atoms with Crippen molar-refractivity contribution < 1.29 is 18.8 Å². The molecule has 3 amide bonds. The SMILES string of the molecule is CC(=O)NC1=CCC[C@H](C(=O)Nc2cc(-c3cc(C(N)=O)n4c3CC(C)(C)C4)c(F)cn2)C1. The Morgan fingerprint density at radius 3 is 2.67 bits per heavy atom. The van der Waals surface area contributed by atoms with E-state index < -0.39 is 11.7 Å². The first-order chi connectivity index (χ1) is 15.5. The summed E-state index contributed by atoms with van der Waals surface area (Å²) >= 11 is 0. The molecule has 0 spiro atoms. The van der Waals surface area contributed by atoms with Gasteiger partial charge in [0.1, 0.15) is 17.3 Å². The lowest BCUT2D eigenvalue weighted by molar-refractivity contribution is -0.121. The molecule has 9 heteroatoms. The molecule has 3 heterocycles. The normalized spacial score (nSPS) is 18.9. The van der Waals surface area contributed by atoms with Crippen LogP contribution in [0.1, 0.15) is 56.2 Å². The highest BCUT2D eigenvalue weighted by atomic mass is 19.1. The summed E-state index contributed by atoms with van der Waals surface area (Å²) in [6.45, 7) is 6.20. The molecule has 0 saturated carbocycles. The number of hydrogen-bond acceptors (Lipinski definition) is 4. The molecule has 4 N–H and O–H groups in total. The number of hydrogen-bond donors (Lipinski definition) is 3. The molecule has 0 fully saturated rings. The van der Waals surface area contributed by atoms with Crippen molar-refractivity contribution in [1.82, 2.24) is 14.9 Å². The maximum absolute atomic E-state index is 14.8. The second-order valence-corrected chi connectivity index (χ2v) is 9.61. The summed E-state index contributed by atoms with van der Waals surface area (Å²) < 4.78 is 16.7. The van der Waals surface area contributed by atoms with Crippen molar-refractivity contribution in [2.45, 2.75) is 53.0 Å². The molecular formula is C24H28FN5O3. The van der Waals surface area contributed by atoms with Gasteiger partial charge in [0.25, 0.3) is 5.91 Å². The van der Waals surface area contributed by atoms with Gasteiger partial charge in [-0.3, -0.25) is 14.4 Å². The number of carbonyl (C=O) groups excluding carboxylic acids is 3. The Morgan fingerprint density at radius 1 is 1.21 bits per heavy atom. The Balaban J connectivity index is 1.60. The average molecular weight is 454 g/mol. The third-order valence-electron chi connectivity index (χ3n) is 6.17. The molecule has 8 nitrogen and oxygen atoms in total. The zero-order valence-electron chi connectivity index (χ0n) is 19.0. The Morgan fingerprint density at radius 2 is 1.97 bits per heavy atom. The van der Waals surface area contributed by atoms with Gasteiger partial charge in [0.2, 0.25) is 11.8 Å². The number of halogens is 1. The maximum Gasteiger partial charge on any atom is 0.265 e. The van der Waals surface area contributed by atoms with E-state index in [0.29, 0.717) is 43.5 Å². The number of primary amides is 1. The number of fused-ring (bicyclic) bond motifs is 1. The van der Waals surface area contributed by atoms with Gasteiger partial charge >= 0.3 is 0 Å². The summed E-state index contributed by atoms with van der Waals surface area (Å²) in [6.07, 6.45) is 5.40. The number of anilines is 1. The van der Waals surface area contributed by atoms with E-state index in [2.05, 4.69) is 29.5 Å². The summed E-state index contributed by atoms with van der Waals surface area (Å²) in [5.41, 5.74) is 8.24. The van der Waals surface area contributed by atoms with Crippen molar-refractivity contribution in [3.63, 3.8) is 0 Å². The summed E-state index contributed by atoms with van der Waals surface area (Å²) in [7, 11) is 0. The van der Waals surface area contributed by atoms with Crippen LogP contribution in [0.25, 0.3) is 11.1 Å². The lowest BCUT2D eigenvalue weighted by Crippen LogP contribution is -2.29. The molecule has 2 aromatic rings. The van der Waals surface area contributed by atoms with Crippen molar-refractivity contribution in [3.8, 4) is 11.1 Å². The van der Waals surface area contributed by atoms with Crippen LogP contribution in [0.15, 0.2) is 30.1 Å². The van der Waals surface area contributed by atoms with E-state index in [9.17, 15) is 18.8 Å². The summed E-state index contributed by atoms with van der Waals surface area (Å²) in [6, 6.07) is 3.11. The molecule has 1 aliphatic heterocycles. The van der Waals surface area contributed by atoms with E-state index >= 15 is 0 Å². The van der Waals surface area contributed by atoms with Crippen LogP contribution in [-0.2, 0) is 22.6 Å². The summed E-state index contributed by atoms with van der Waals surface area (Å²) in [5, 5.41) is 5.53. The monoisotopic (exact) mass is 453 g/mol. The van der Waals surface area contributed by atoms with E-state index in [1.807, 2.05) is 10.6 Å². The van der Waals surface area contributed by atoms with E-state index in [1.54, 1.807) is 6.07 Å². The van der Waals surface area contributed by atoms with Crippen LogP contribution >= 0.6 is 0 Å². The molecule has 2 aromatic heterocycles. The van der Waals surface area contributed by atoms with Crippen LogP contribution in [0.2, 0.25) is 0 Å². The number of nitrogens with one attached hydrogen (secondary N) is 2. The van der Waals surface area contributed by atoms with Gasteiger partial charge in [0, 0.05) is 41.9 Å². The molecule has 174 valence electrons. The Hall–Kier alpha value is -3.49. The summed E-state index contributed by atoms with van der Waals surface area (Å²) in [5.74, 6) is -1.62. The number of amides is 3. The molecule has 1 atom stereocenters. The maximum atomic E-state index is 14.8. The number of pyridine rings is 1. The second-order valence-electron chi connectivity index (χ2n) is 9.61. The average Bonchev–Trinajstić information content (AvgIpc) is 3.22. The number of rotatable bonds is 5. The largest absolute Gasteiger partial charge is 0.364 e. The smallest absolute Gasteiger partial charge is 0.265 e. The van der Waals surface area contributed by atoms with Crippen LogP contribution in [0.3, 0.4) is 0 Å². The Bertz CT molecular complexity index is 1180. The molecule has 0 bridgehead atoms. The van der Waals surface area contributed by atoms with Crippen LogP contribution in [0, 0.1) is 17.2 Å². The van der Waals surface area contributed by atoms with Gasteiger partial charge in [-0.05, 0) is 43.2 Å². The second kappa shape index (κ2) is 8.46. The quantitative estimate of drug-likeness (QED) is 0.644. The number of carbonyl (C=O) groups is 3. The molecule has 0 saturated heterocycles. The first-order valence-corrected chi connectivity index (χ1v) is 11.0. The van der Waals surface area contributed by atoms with Crippen LogP contribution < -0.4 is 16.4 Å². The number of nitrogens with zero attached hydrogens (tertiary/aromatic N) is 2. The fraction of sp³-hybridized carbons (Fsp3) is 0.417. The fourth-order valence-corrected chi connectivity index (χ4v) is 4.74. The minimum atomic E-state index is -0.566. The topological polar surface area (TPSA) is 119 Å². The minimum absolute atomic E-state index is 0.0871. The van der Waals surface area contributed by atoms with Crippen molar-refractivity contribution in [3.05, 3.63) is 47.3 Å². The van der Waals surface area contributed by atoms with E-state index in [0.717, 1.165) is 17.6 Å². The van der Waals surface area contributed by atoms with Crippen LogP contribution in [-0.4, -0.2) is 27.3 Å². The molecule has 4 rings (SSSR count). The van der Waals surface area contributed by atoms with E-state index in [-0.39, 0.29) is 34.5 Å². The lowest BCUT2D eigenvalue weighted by Gasteiger charge is -2.22. The molecule has 33 heavy (non-hydrogen) atoms. The molecule has 1 aliphatic carbocycles. The van der Waals surface area contributed by atoms with E-state index in [4.69, 9.17) is 5.73 Å². The molecule has 0 radical (unpaired) electrons. The lowest BCUT2D eigenvalue weighted by atomic mass is 9.89. The number of allylic oxidation sites excluding steroid dienone is 2. The van der Waals surface area contributed by atoms with Crippen molar-refractivity contribution in [1.29, 1.82) is 0 Å². The highest BCUT2D eigenvalue weighted by Crippen LogP contribution is 2.41. The van der Waals surface area contributed by atoms with Crippen LogP contribution in [0.4, 0.5) is 10.2 Å². The molecular weight excluding hydrogens is 425 g/mol. The molecule has 2 aliphatic rings. The number of nitrogens with two attached hydrogens (primary N) is 1. The standard InChI is InChI=1S/C24H28FN5O3/c1-13(31)28-15-6-4-5-14(7-15)23(33)29-21-9-16(18(25)11-27-21)17-8-19(22(26)32)30-12-24(2,3)10-20(17)30/h6,8-9,11,14H,4-5,7,10,12H2,1-3H3,(H2,26,32)(H,28,31)(H,27,29,33)/t14-/m0/s1. The van der Waals surface area contributed by atoms with Gasteiger partial charge in [-0.1, -0.05) is 19.9 Å². The predicted molar refractivity (Wildman–Crippen MR) is 121 cm³/mol. The fourth-order valence-electron chi connectivity index (χ4n) is 4.74. The van der Waals surface area contributed by atoms with Crippen LogP contribution in [0.5, 0.6) is 0 Å². The van der Waals surface area contributed by atoms with Gasteiger partial charge in [-0.25, -0.2) is 9.37 Å². The van der Waals surface area contributed by atoms with Gasteiger partial charge in [0.15, 0.2) is 0 Å². The minimum Gasteiger partial charge on any atom is -0.364 e. The molecule has 0 unspecified atom stereocenters. The van der Waals surface area contributed by atoms with Gasteiger partial charge in [-0.2, -0.15) is 0 Å². The van der Waals surface area contributed by atoms with Gasteiger partial charge in [0.05, 0.1) is 6.20 Å². The van der Waals surface area contributed by atoms with Crippen molar-refractivity contribution in [2.24, 2.45) is 17.1 Å². The summed E-state index contributed by atoms with van der Waals surface area (Å²) in [4.78, 5) is 40.2. The Kier molecular flexibility index (Phi) is 5.82. The third kappa shape index (κ3) is 4.67. The zero-order chi connectivity index (χ0) is 23.9. The van der Waals surface area contributed by atoms with Crippen molar-refractivity contribution >= 4 is 23.5 Å². The predicted octanol–water partition coefficient (Wildman–Crippen LogP) is 3.13.